The summed E-state index contributed by atoms with van der Waals surface area (Å²) in [5.74, 6) is 1.43. The number of hydrogen-bond acceptors (Lipinski definition) is 5. The first-order valence-corrected chi connectivity index (χ1v) is 7.05. The van der Waals surface area contributed by atoms with E-state index >= 15 is 0 Å². The molecule has 2 aromatic heterocycles. The summed E-state index contributed by atoms with van der Waals surface area (Å²) < 4.78 is 0.909. The number of nitrogens with zero attached hydrogens (tertiary/aromatic N) is 4. The van der Waals surface area contributed by atoms with Crippen molar-refractivity contribution in [2.24, 2.45) is 0 Å². The molecule has 100 valence electrons. The molecule has 2 aromatic rings. The van der Waals surface area contributed by atoms with Crippen molar-refractivity contribution in [2.75, 3.05) is 24.5 Å². The van der Waals surface area contributed by atoms with Crippen molar-refractivity contribution in [3.8, 4) is 11.5 Å². The van der Waals surface area contributed by atoms with E-state index < -0.39 is 0 Å². The first-order chi connectivity index (χ1) is 9.24. The normalized spacial score (nSPS) is 19.7. The average Bonchev–Trinajstić information content (AvgIpc) is 2.89. The number of aromatic amines is 1. The van der Waals surface area contributed by atoms with Crippen LogP contribution in [0.1, 0.15) is 6.92 Å². The molecule has 0 aliphatic carbocycles. The average molecular weight is 323 g/mol. The molecule has 1 atom stereocenters. The van der Waals surface area contributed by atoms with E-state index in [1.807, 2.05) is 12.1 Å². The minimum Gasteiger partial charge on any atom is -0.337 e. The van der Waals surface area contributed by atoms with Gasteiger partial charge < -0.3 is 10.2 Å². The Hall–Kier alpha value is -1.47. The predicted octanol–water partition coefficient (Wildman–Crippen LogP) is 1.43. The van der Waals surface area contributed by atoms with Crippen LogP contribution in [0.15, 0.2) is 22.8 Å². The third-order valence-corrected chi connectivity index (χ3v) is 3.75. The Labute approximate surface area is 119 Å². The summed E-state index contributed by atoms with van der Waals surface area (Å²) in [5.41, 5.74) is 0.782. The smallest absolute Gasteiger partial charge is 0.245 e. The van der Waals surface area contributed by atoms with E-state index in [4.69, 9.17) is 0 Å². The second kappa shape index (κ2) is 5.26. The fraction of sp³-hybridized carbons (Fsp3) is 0.417. The number of piperazine rings is 1. The minimum atomic E-state index is 0.456. The first kappa shape index (κ1) is 12.6. The van der Waals surface area contributed by atoms with Crippen molar-refractivity contribution < 1.29 is 0 Å². The Bertz CT molecular complexity index is 569. The van der Waals surface area contributed by atoms with Crippen molar-refractivity contribution in [1.29, 1.82) is 0 Å². The molecule has 0 bridgehead atoms. The number of H-pyrrole nitrogens is 1. The molecule has 0 aromatic carbocycles. The SMILES string of the molecule is CC1CN(c2n[nH]c(-c3ncccc3Br)n2)CCN1. The summed E-state index contributed by atoms with van der Waals surface area (Å²) in [7, 11) is 0. The number of hydrogen-bond donors (Lipinski definition) is 2. The molecule has 1 aliphatic heterocycles. The van der Waals surface area contributed by atoms with Gasteiger partial charge in [-0.15, -0.1) is 5.10 Å². The van der Waals surface area contributed by atoms with Crippen LogP contribution in [-0.4, -0.2) is 45.8 Å². The van der Waals surface area contributed by atoms with Gasteiger partial charge in [-0.1, -0.05) is 0 Å². The van der Waals surface area contributed by atoms with Crippen molar-refractivity contribution in [3.05, 3.63) is 22.8 Å². The van der Waals surface area contributed by atoms with Crippen molar-refractivity contribution >= 4 is 21.9 Å². The van der Waals surface area contributed by atoms with E-state index in [0.29, 0.717) is 11.9 Å². The number of aromatic nitrogens is 4. The molecule has 0 radical (unpaired) electrons. The van der Waals surface area contributed by atoms with Gasteiger partial charge in [-0.3, -0.25) is 10.1 Å². The van der Waals surface area contributed by atoms with Crippen LogP contribution >= 0.6 is 15.9 Å². The fourth-order valence-corrected chi connectivity index (χ4v) is 2.62. The Balaban J connectivity index is 1.85. The highest BCUT2D eigenvalue weighted by atomic mass is 79.9. The van der Waals surface area contributed by atoms with Crippen molar-refractivity contribution in [1.82, 2.24) is 25.5 Å². The lowest BCUT2D eigenvalue weighted by Gasteiger charge is -2.30. The van der Waals surface area contributed by atoms with Crippen molar-refractivity contribution in [2.45, 2.75) is 13.0 Å². The summed E-state index contributed by atoms with van der Waals surface area (Å²) in [6, 6.07) is 4.28. The van der Waals surface area contributed by atoms with Crippen LogP contribution in [0, 0.1) is 0 Å². The van der Waals surface area contributed by atoms with Gasteiger partial charge in [0.05, 0.1) is 0 Å². The Kier molecular flexibility index (Phi) is 3.48. The molecule has 3 rings (SSSR count). The molecule has 6 nitrogen and oxygen atoms in total. The van der Waals surface area contributed by atoms with Gasteiger partial charge in [0.15, 0.2) is 5.82 Å². The molecule has 19 heavy (non-hydrogen) atoms. The molecule has 0 spiro atoms. The number of anilines is 1. The number of pyridine rings is 1. The summed E-state index contributed by atoms with van der Waals surface area (Å²) in [6.45, 7) is 4.96. The van der Waals surface area contributed by atoms with Gasteiger partial charge in [0.25, 0.3) is 0 Å². The highest BCUT2D eigenvalue weighted by Crippen LogP contribution is 2.23. The van der Waals surface area contributed by atoms with Gasteiger partial charge in [0, 0.05) is 36.3 Å². The predicted molar refractivity (Wildman–Crippen MR) is 77.0 cm³/mol. The van der Waals surface area contributed by atoms with Gasteiger partial charge in [0.1, 0.15) is 5.69 Å². The molecule has 1 fully saturated rings. The van der Waals surface area contributed by atoms with Crippen LogP contribution in [-0.2, 0) is 0 Å². The van der Waals surface area contributed by atoms with Crippen molar-refractivity contribution in [3.63, 3.8) is 0 Å². The lowest BCUT2D eigenvalue weighted by Crippen LogP contribution is -2.49. The monoisotopic (exact) mass is 322 g/mol. The van der Waals surface area contributed by atoms with E-state index in [1.165, 1.54) is 0 Å². The fourth-order valence-electron chi connectivity index (χ4n) is 2.17. The third-order valence-electron chi connectivity index (χ3n) is 3.11. The molecule has 1 saturated heterocycles. The van der Waals surface area contributed by atoms with Crippen LogP contribution in [0.25, 0.3) is 11.5 Å². The maximum absolute atomic E-state index is 4.54. The van der Waals surface area contributed by atoms with E-state index in [0.717, 1.165) is 35.7 Å². The van der Waals surface area contributed by atoms with Crippen LogP contribution in [0.4, 0.5) is 5.95 Å². The van der Waals surface area contributed by atoms with Gasteiger partial charge in [0.2, 0.25) is 5.95 Å². The first-order valence-electron chi connectivity index (χ1n) is 6.25. The highest BCUT2D eigenvalue weighted by Gasteiger charge is 2.20. The molecule has 7 heteroatoms. The van der Waals surface area contributed by atoms with Crippen LogP contribution < -0.4 is 10.2 Å². The zero-order chi connectivity index (χ0) is 13.2. The largest absolute Gasteiger partial charge is 0.337 e. The quantitative estimate of drug-likeness (QED) is 0.875. The maximum atomic E-state index is 4.54. The van der Waals surface area contributed by atoms with Gasteiger partial charge >= 0.3 is 0 Å². The van der Waals surface area contributed by atoms with E-state index in [-0.39, 0.29) is 0 Å². The molecule has 3 heterocycles. The molecule has 2 N–H and O–H groups in total. The number of rotatable bonds is 2. The zero-order valence-corrected chi connectivity index (χ0v) is 12.2. The standard InChI is InChI=1S/C12H15BrN6/c1-8-7-19(6-5-14-8)12-16-11(17-18-12)10-9(13)3-2-4-15-10/h2-4,8,14H,5-7H2,1H3,(H,16,17,18). The summed E-state index contributed by atoms with van der Waals surface area (Å²) in [5, 5.41) is 10.7. The Morgan fingerprint density at radius 1 is 1.47 bits per heavy atom. The van der Waals surface area contributed by atoms with Crippen LogP contribution in [0.2, 0.25) is 0 Å². The zero-order valence-electron chi connectivity index (χ0n) is 10.6. The van der Waals surface area contributed by atoms with E-state index in [1.54, 1.807) is 6.20 Å². The van der Waals surface area contributed by atoms with Gasteiger partial charge in [-0.2, -0.15) is 4.98 Å². The summed E-state index contributed by atoms with van der Waals surface area (Å²) in [4.78, 5) is 11.0. The van der Waals surface area contributed by atoms with Gasteiger partial charge in [-0.25, -0.2) is 0 Å². The molecule has 1 unspecified atom stereocenters. The molecular weight excluding hydrogens is 308 g/mol. The summed E-state index contributed by atoms with van der Waals surface area (Å²) in [6.07, 6.45) is 1.75. The molecule has 0 amide bonds. The number of nitrogens with one attached hydrogen (secondary N) is 2. The Morgan fingerprint density at radius 3 is 3.16 bits per heavy atom. The second-order valence-electron chi connectivity index (χ2n) is 4.62. The topological polar surface area (TPSA) is 69.7 Å². The lowest BCUT2D eigenvalue weighted by molar-refractivity contribution is 0.480. The highest BCUT2D eigenvalue weighted by molar-refractivity contribution is 9.10. The lowest BCUT2D eigenvalue weighted by atomic mass is 10.2. The molecular formula is C12H15BrN6. The second-order valence-corrected chi connectivity index (χ2v) is 5.47. The minimum absolute atomic E-state index is 0.456. The van der Waals surface area contributed by atoms with E-state index in [2.05, 4.69) is 53.2 Å². The third kappa shape index (κ3) is 2.62. The Morgan fingerprint density at radius 2 is 2.37 bits per heavy atom. The van der Waals surface area contributed by atoms with E-state index in [9.17, 15) is 0 Å². The molecule has 0 saturated carbocycles. The number of halogens is 1. The van der Waals surface area contributed by atoms with Gasteiger partial charge in [-0.05, 0) is 35.0 Å². The van der Waals surface area contributed by atoms with Crippen LogP contribution in [0.5, 0.6) is 0 Å². The maximum Gasteiger partial charge on any atom is 0.245 e. The van der Waals surface area contributed by atoms with Crippen LogP contribution in [0.3, 0.4) is 0 Å². The summed E-state index contributed by atoms with van der Waals surface area (Å²) >= 11 is 3.47. The molecule has 1 aliphatic rings.